The molecule has 0 bridgehead atoms. The summed E-state index contributed by atoms with van der Waals surface area (Å²) in [5.41, 5.74) is 5.15. The Kier molecular flexibility index (Phi) is 4.84. The van der Waals surface area contributed by atoms with Gasteiger partial charge in [0.05, 0.1) is 12.1 Å². The van der Waals surface area contributed by atoms with Crippen LogP contribution in [0.15, 0.2) is 53.9 Å². The maximum atomic E-state index is 12.4. The molecule has 7 nitrogen and oxygen atoms in total. The van der Waals surface area contributed by atoms with E-state index < -0.39 is 0 Å². The van der Waals surface area contributed by atoms with Crippen LogP contribution < -0.4 is 20.4 Å². The number of hydrogen-bond acceptors (Lipinski definition) is 5. The Morgan fingerprint density at radius 2 is 1.93 bits per heavy atom. The van der Waals surface area contributed by atoms with Crippen LogP contribution >= 0.6 is 11.3 Å². The molecule has 1 aromatic heterocycles. The maximum Gasteiger partial charge on any atom is 0.323 e. The van der Waals surface area contributed by atoms with Crippen molar-refractivity contribution in [2.45, 2.75) is 12.8 Å². The van der Waals surface area contributed by atoms with E-state index in [2.05, 4.69) is 44.8 Å². The van der Waals surface area contributed by atoms with Crippen LogP contribution in [-0.4, -0.2) is 36.6 Å². The number of rotatable bonds is 5. The summed E-state index contributed by atoms with van der Waals surface area (Å²) in [6, 6.07) is 16.2. The number of carbonyl (C=O) groups excluding carboxylic acids is 2. The number of amides is 3. The first-order valence-corrected chi connectivity index (χ1v) is 10.8. The van der Waals surface area contributed by atoms with Crippen LogP contribution in [-0.2, 0) is 17.6 Å². The highest BCUT2D eigenvalue weighted by molar-refractivity contribution is 7.14. The van der Waals surface area contributed by atoms with Crippen LogP contribution in [0.1, 0.15) is 11.3 Å². The molecular formula is C22H21N5O2S. The molecule has 8 heteroatoms. The van der Waals surface area contributed by atoms with Gasteiger partial charge in [0.2, 0.25) is 5.91 Å². The van der Waals surface area contributed by atoms with E-state index in [0.717, 1.165) is 24.3 Å². The number of hydrogen-bond donors (Lipinski definition) is 2. The molecule has 0 radical (unpaired) electrons. The summed E-state index contributed by atoms with van der Waals surface area (Å²) in [6.45, 7) is 2.19. The minimum absolute atomic E-state index is 0.128. The van der Waals surface area contributed by atoms with Gasteiger partial charge in [-0.15, -0.1) is 11.3 Å². The number of fused-ring (bicyclic) bond motifs is 1. The maximum absolute atomic E-state index is 12.4. The van der Waals surface area contributed by atoms with Gasteiger partial charge in [-0.25, -0.2) is 9.78 Å². The summed E-state index contributed by atoms with van der Waals surface area (Å²) in [5.74, 6) is -0.128. The van der Waals surface area contributed by atoms with Crippen molar-refractivity contribution in [1.82, 2.24) is 10.3 Å². The van der Waals surface area contributed by atoms with E-state index in [1.807, 2.05) is 29.6 Å². The third-order valence-corrected chi connectivity index (χ3v) is 6.23. The fourth-order valence-corrected chi connectivity index (χ4v) is 4.71. The smallest absolute Gasteiger partial charge is 0.323 e. The number of benzene rings is 2. The Bertz CT molecular complexity index is 1090. The van der Waals surface area contributed by atoms with Gasteiger partial charge in [-0.1, -0.05) is 18.2 Å². The standard InChI is InChI=1S/C22H21N5O2S/c28-20(13-17-14-30-22(25-17)27-12-10-23-21(27)29)24-16-5-7-18(8-6-16)26-11-9-15-3-1-2-4-19(15)26/h1-8,14H,9-13H2,(H,23,29)(H,24,28). The van der Waals surface area contributed by atoms with Crippen molar-refractivity contribution in [1.29, 1.82) is 0 Å². The van der Waals surface area contributed by atoms with E-state index in [4.69, 9.17) is 0 Å². The van der Waals surface area contributed by atoms with Gasteiger partial charge in [0.15, 0.2) is 5.13 Å². The van der Waals surface area contributed by atoms with Crippen molar-refractivity contribution in [3.63, 3.8) is 0 Å². The second kappa shape index (κ2) is 7.79. The number of nitrogens with one attached hydrogen (secondary N) is 2. The van der Waals surface area contributed by atoms with Gasteiger partial charge in [0, 0.05) is 42.1 Å². The van der Waals surface area contributed by atoms with Crippen molar-refractivity contribution in [3.8, 4) is 0 Å². The molecule has 0 atom stereocenters. The number of carbonyl (C=O) groups is 2. The molecule has 3 amide bonds. The van der Waals surface area contributed by atoms with Gasteiger partial charge >= 0.3 is 6.03 Å². The van der Waals surface area contributed by atoms with Crippen molar-refractivity contribution in [3.05, 3.63) is 65.2 Å². The van der Waals surface area contributed by atoms with Gasteiger partial charge in [0.25, 0.3) is 0 Å². The van der Waals surface area contributed by atoms with Gasteiger partial charge in [-0.2, -0.15) is 0 Å². The Balaban J connectivity index is 1.21. The van der Waals surface area contributed by atoms with Crippen LogP contribution in [0.5, 0.6) is 0 Å². The number of para-hydroxylation sites is 1. The van der Waals surface area contributed by atoms with E-state index in [1.165, 1.54) is 22.6 Å². The molecule has 2 aliphatic heterocycles. The second-order valence-electron chi connectivity index (χ2n) is 7.31. The normalized spacial score (nSPS) is 15.3. The van der Waals surface area contributed by atoms with E-state index >= 15 is 0 Å². The monoisotopic (exact) mass is 419 g/mol. The van der Waals surface area contributed by atoms with Crippen LogP contribution in [0.3, 0.4) is 0 Å². The summed E-state index contributed by atoms with van der Waals surface area (Å²) in [6.07, 6.45) is 1.22. The predicted molar refractivity (Wildman–Crippen MR) is 119 cm³/mol. The number of nitrogens with zero attached hydrogens (tertiary/aromatic N) is 3. The van der Waals surface area contributed by atoms with Crippen molar-refractivity contribution in [2.24, 2.45) is 0 Å². The molecular weight excluding hydrogens is 398 g/mol. The summed E-state index contributed by atoms with van der Waals surface area (Å²) < 4.78 is 0. The molecule has 1 saturated heterocycles. The van der Waals surface area contributed by atoms with Gasteiger partial charge in [0.1, 0.15) is 0 Å². The molecule has 0 unspecified atom stereocenters. The lowest BCUT2D eigenvalue weighted by Gasteiger charge is -2.20. The Morgan fingerprint density at radius 1 is 1.10 bits per heavy atom. The average molecular weight is 420 g/mol. The molecule has 5 rings (SSSR count). The van der Waals surface area contributed by atoms with Crippen molar-refractivity contribution in [2.75, 3.05) is 34.8 Å². The Labute approximate surface area is 178 Å². The highest BCUT2D eigenvalue weighted by Gasteiger charge is 2.24. The summed E-state index contributed by atoms with van der Waals surface area (Å²) >= 11 is 1.38. The zero-order valence-corrected chi connectivity index (χ0v) is 17.1. The van der Waals surface area contributed by atoms with Gasteiger partial charge in [-0.05, 0) is 42.3 Å². The summed E-state index contributed by atoms with van der Waals surface area (Å²) in [5, 5.41) is 8.14. The zero-order chi connectivity index (χ0) is 20.5. The van der Waals surface area contributed by atoms with Crippen LogP contribution in [0.25, 0.3) is 0 Å². The fourth-order valence-electron chi connectivity index (χ4n) is 3.86. The number of thiazole rings is 1. The molecule has 3 heterocycles. The Hall–Kier alpha value is -3.39. The van der Waals surface area contributed by atoms with E-state index in [0.29, 0.717) is 23.9 Å². The highest BCUT2D eigenvalue weighted by atomic mass is 32.1. The number of aromatic nitrogens is 1. The van der Waals surface area contributed by atoms with Gasteiger partial charge in [-0.3, -0.25) is 9.69 Å². The lowest BCUT2D eigenvalue weighted by Crippen LogP contribution is -2.27. The summed E-state index contributed by atoms with van der Waals surface area (Å²) in [4.78, 5) is 32.5. The molecule has 2 aromatic carbocycles. The van der Waals surface area contributed by atoms with E-state index in [-0.39, 0.29) is 18.4 Å². The quantitative estimate of drug-likeness (QED) is 0.663. The minimum atomic E-state index is -0.138. The molecule has 0 saturated carbocycles. The predicted octanol–water partition coefficient (Wildman–Crippen LogP) is 3.55. The van der Waals surface area contributed by atoms with Crippen LogP contribution in [0.2, 0.25) is 0 Å². The molecule has 30 heavy (non-hydrogen) atoms. The number of anilines is 4. The van der Waals surface area contributed by atoms with Crippen LogP contribution in [0.4, 0.5) is 27.0 Å². The fraction of sp³-hybridized carbons (Fsp3) is 0.227. The molecule has 0 aliphatic carbocycles. The van der Waals surface area contributed by atoms with Crippen molar-refractivity contribution >= 4 is 45.5 Å². The van der Waals surface area contributed by atoms with Gasteiger partial charge < -0.3 is 15.5 Å². The molecule has 152 valence electrons. The second-order valence-corrected chi connectivity index (χ2v) is 8.14. The molecule has 0 spiro atoms. The Morgan fingerprint density at radius 3 is 2.73 bits per heavy atom. The first kappa shape index (κ1) is 18.6. The molecule has 3 aromatic rings. The molecule has 2 aliphatic rings. The van der Waals surface area contributed by atoms with Crippen molar-refractivity contribution < 1.29 is 9.59 Å². The third-order valence-electron chi connectivity index (χ3n) is 5.32. The lowest BCUT2D eigenvalue weighted by molar-refractivity contribution is -0.115. The SMILES string of the molecule is O=C(Cc1csc(N2CCNC2=O)n1)Nc1ccc(N2CCc3ccccc32)cc1. The zero-order valence-electron chi connectivity index (χ0n) is 16.3. The average Bonchev–Trinajstić information content (AvgIpc) is 3.48. The number of urea groups is 1. The minimum Gasteiger partial charge on any atom is -0.341 e. The topological polar surface area (TPSA) is 77.6 Å². The van der Waals surface area contributed by atoms with E-state index in [1.54, 1.807) is 4.90 Å². The van der Waals surface area contributed by atoms with Crippen LogP contribution in [0, 0.1) is 0 Å². The van der Waals surface area contributed by atoms with E-state index in [9.17, 15) is 9.59 Å². The largest absolute Gasteiger partial charge is 0.341 e. The first-order chi connectivity index (χ1) is 14.7. The highest BCUT2D eigenvalue weighted by Crippen LogP contribution is 2.34. The lowest BCUT2D eigenvalue weighted by atomic mass is 10.2. The first-order valence-electron chi connectivity index (χ1n) is 9.92. The summed E-state index contributed by atoms with van der Waals surface area (Å²) in [7, 11) is 0. The molecule has 1 fully saturated rings. The third kappa shape index (κ3) is 3.61. The molecule has 2 N–H and O–H groups in total.